The number of aryl methyl sites for hydroxylation is 2. The number of benzene rings is 2. The molecular weight excluding hydrogens is 344 g/mol. The van der Waals surface area contributed by atoms with Crippen molar-refractivity contribution < 1.29 is 38.9 Å². The first-order chi connectivity index (χ1) is 12.4. The Morgan fingerprint density at radius 1 is 0.731 bits per heavy atom. The lowest BCUT2D eigenvalue weighted by molar-refractivity contribution is -0.121. The first-order valence-electron chi connectivity index (χ1n) is 7.38. The van der Waals surface area contributed by atoms with E-state index in [9.17, 15) is 19.2 Å². The van der Waals surface area contributed by atoms with Crippen LogP contribution in [0.5, 0.6) is 11.5 Å². The minimum Gasteiger partial charge on any atom is -0.478 e. The van der Waals surface area contributed by atoms with Gasteiger partial charge in [0.2, 0.25) is 0 Å². The Labute approximate surface area is 147 Å². The summed E-state index contributed by atoms with van der Waals surface area (Å²) in [6.07, 6.45) is 0.694. The van der Waals surface area contributed by atoms with Gasteiger partial charge in [0.15, 0.2) is 0 Å². The van der Waals surface area contributed by atoms with Gasteiger partial charge in [-0.3, -0.25) is 9.59 Å². The highest BCUT2D eigenvalue weighted by molar-refractivity contribution is 5.89. The zero-order chi connectivity index (χ0) is 19.1. The smallest absolute Gasteiger partial charge is 0.335 e. The molecule has 0 spiro atoms. The van der Waals surface area contributed by atoms with Crippen molar-refractivity contribution in [2.24, 2.45) is 0 Å². The molecule has 2 rings (SSSR count). The van der Waals surface area contributed by atoms with E-state index in [4.69, 9.17) is 19.7 Å². The molecule has 0 saturated carbocycles. The summed E-state index contributed by atoms with van der Waals surface area (Å²) in [6.45, 7) is 0.397. The third-order valence-electron chi connectivity index (χ3n) is 3.50. The lowest BCUT2D eigenvalue weighted by atomic mass is 10.0. The summed E-state index contributed by atoms with van der Waals surface area (Å²) in [5.41, 5.74) is 1.09. The van der Waals surface area contributed by atoms with Crippen molar-refractivity contribution in [1.82, 2.24) is 0 Å². The Kier molecular flexibility index (Phi) is 6.05. The molecule has 0 heterocycles. The normalized spacial score (nSPS) is 10.0. The van der Waals surface area contributed by atoms with Gasteiger partial charge in [-0.2, -0.15) is 0 Å². The van der Waals surface area contributed by atoms with Crippen molar-refractivity contribution in [2.45, 2.75) is 12.8 Å². The number of carboxylic acids is 2. The molecule has 0 aliphatic rings. The number of hydrogen-bond acceptors (Lipinski definition) is 6. The van der Waals surface area contributed by atoms with Gasteiger partial charge < -0.3 is 19.7 Å². The molecule has 0 aliphatic carbocycles. The van der Waals surface area contributed by atoms with Crippen LogP contribution in [0, 0.1) is 0 Å². The molecule has 8 heteroatoms. The van der Waals surface area contributed by atoms with Crippen LogP contribution in [0.15, 0.2) is 36.4 Å². The van der Waals surface area contributed by atoms with E-state index in [2.05, 4.69) is 0 Å². The van der Waals surface area contributed by atoms with Crippen molar-refractivity contribution in [3.63, 3.8) is 0 Å². The van der Waals surface area contributed by atoms with Gasteiger partial charge in [0.25, 0.3) is 12.9 Å². The Morgan fingerprint density at radius 2 is 1.12 bits per heavy atom. The van der Waals surface area contributed by atoms with Crippen molar-refractivity contribution in [2.75, 3.05) is 0 Å². The summed E-state index contributed by atoms with van der Waals surface area (Å²) in [5.74, 6) is -2.15. The van der Waals surface area contributed by atoms with Crippen LogP contribution in [0.2, 0.25) is 0 Å². The van der Waals surface area contributed by atoms with E-state index in [1.54, 1.807) is 0 Å². The predicted molar refractivity (Wildman–Crippen MR) is 87.6 cm³/mol. The Balaban J connectivity index is 2.27. The van der Waals surface area contributed by atoms with E-state index < -0.39 is 11.9 Å². The third kappa shape index (κ3) is 4.91. The molecule has 0 fully saturated rings. The van der Waals surface area contributed by atoms with E-state index in [-0.39, 0.29) is 35.6 Å². The highest BCUT2D eigenvalue weighted by Gasteiger charge is 2.11. The average molecular weight is 358 g/mol. The van der Waals surface area contributed by atoms with Crippen LogP contribution in [-0.4, -0.2) is 35.1 Å². The number of ether oxygens (including phenoxy) is 2. The van der Waals surface area contributed by atoms with E-state index in [1.165, 1.54) is 36.4 Å². The molecule has 2 N–H and O–H groups in total. The second kappa shape index (κ2) is 8.43. The molecule has 2 aromatic rings. The molecule has 0 unspecified atom stereocenters. The topological polar surface area (TPSA) is 127 Å². The molecule has 0 aliphatic heterocycles. The number of hydrogen-bond donors (Lipinski definition) is 2. The summed E-state index contributed by atoms with van der Waals surface area (Å²) in [7, 11) is 0. The van der Waals surface area contributed by atoms with Gasteiger partial charge in [-0.1, -0.05) is 0 Å². The molecule has 0 saturated heterocycles. The Hall–Kier alpha value is -3.68. The molecule has 0 atom stereocenters. The van der Waals surface area contributed by atoms with Gasteiger partial charge in [0.1, 0.15) is 11.5 Å². The number of rotatable bonds is 9. The first kappa shape index (κ1) is 18.7. The monoisotopic (exact) mass is 358 g/mol. The second-order valence-corrected chi connectivity index (χ2v) is 5.27. The summed E-state index contributed by atoms with van der Waals surface area (Å²) < 4.78 is 9.42. The van der Waals surface area contributed by atoms with Gasteiger partial charge >= 0.3 is 11.9 Å². The van der Waals surface area contributed by atoms with E-state index in [0.717, 1.165) is 0 Å². The maximum atomic E-state index is 11.2. The summed E-state index contributed by atoms with van der Waals surface area (Å²) in [5, 5.41) is 18.2. The predicted octanol–water partition coefficient (Wildman–Crippen LogP) is 1.94. The fraction of sp³-hybridized carbons (Fsp3) is 0.111. The van der Waals surface area contributed by atoms with Gasteiger partial charge in [0.05, 0.1) is 11.1 Å². The second-order valence-electron chi connectivity index (χ2n) is 5.27. The van der Waals surface area contributed by atoms with Crippen molar-refractivity contribution in [3.8, 4) is 11.5 Å². The van der Waals surface area contributed by atoms with Crippen LogP contribution < -0.4 is 9.47 Å². The fourth-order valence-electron chi connectivity index (χ4n) is 2.39. The average Bonchev–Trinajstić information content (AvgIpc) is 2.60. The molecule has 0 bridgehead atoms. The standard InChI is InChI=1S/C18H14O8/c19-9-25-15-5-11(3-13(7-15)17(21)22)1-2-12-4-14(18(23)24)8-16(6-12)26-10-20/h3-10H,1-2H2,(H,21,22)(H,23,24). The minimum absolute atomic E-state index is 0.0383. The molecule has 8 nitrogen and oxygen atoms in total. The molecule has 26 heavy (non-hydrogen) atoms. The van der Waals surface area contributed by atoms with Gasteiger partial charge in [-0.15, -0.1) is 0 Å². The van der Waals surface area contributed by atoms with E-state index in [0.29, 0.717) is 24.0 Å². The quantitative estimate of drug-likeness (QED) is 0.651. The van der Waals surface area contributed by atoms with Crippen LogP contribution in [0.25, 0.3) is 0 Å². The van der Waals surface area contributed by atoms with E-state index in [1.807, 2.05) is 0 Å². The lowest BCUT2D eigenvalue weighted by Gasteiger charge is -2.08. The maximum Gasteiger partial charge on any atom is 0.335 e. The molecule has 0 amide bonds. The molecule has 0 aromatic heterocycles. The maximum absolute atomic E-state index is 11.2. The molecular formula is C18H14O8. The number of carbonyl (C=O) groups excluding carboxylic acids is 2. The van der Waals surface area contributed by atoms with Gasteiger partial charge in [0, 0.05) is 0 Å². The van der Waals surface area contributed by atoms with Crippen molar-refractivity contribution in [1.29, 1.82) is 0 Å². The van der Waals surface area contributed by atoms with Gasteiger partial charge in [-0.05, 0) is 60.4 Å². The molecule has 0 radical (unpaired) electrons. The molecule has 2 aromatic carbocycles. The Morgan fingerprint density at radius 3 is 1.42 bits per heavy atom. The zero-order valence-corrected chi connectivity index (χ0v) is 13.4. The highest BCUT2D eigenvalue weighted by atomic mass is 16.5. The summed E-state index contributed by atoms with van der Waals surface area (Å²) in [4.78, 5) is 43.3. The third-order valence-corrected chi connectivity index (χ3v) is 3.50. The summed E-state index contributed by atoms with van der Waals surface area (Å²) in [6, 6.07) is 8.35. The Bertz CT molecular complexity index is 785. The van der Waals surface area contributed by atoms with E-state index >= 15 is 0 Å². The fourth-order valence-corrected chi connectivity index (χ4v) is 2.39. The highest BCUT2D eigenvalue weighted by Crippen LogP contribution is 2.21. The molecule has 134 valence electrons. The largest absolute Gasteiger partial charge is 0.478 e. The lowest BCUT2D eigenvalue weighted by Crippen LogP contribution is -2.03. The van der Waals surface area contributed by atoms with Crippen LogP contribution in [0.1, 0.15) is 31.8 Å². The van der Waals surface area contributed by atoms with Crippen LogP contribution in [0.3, 0.4) is 0 Å². The minimum atomic E-state index is -1.17. The SMILES string of the molecule is O=COc1cc(CCc2cc(OC=O)cc(C(=O)O)c2)cc(C(=O)O)c1. The van der Waals surface area contributed by atoms with Crippen LogP contribution >= 0.6 is 0 Å². The summed E-state index contributed by atoms with van der Waals surface area (Å²) >= 11 is 0. The first-order valence-corrected chi connectivity index (χ1v) is 7.38. The van der Waals surface area contributed by atoms with Crippen molar-refractivity contribution >= 4 is 24.9 Å². The zero-order valence-electron chi connectivity index (χ0n) is 13.4. The van der Waals surface area contributed by atoms with Crippen LogP contribution in [-0.2, 0) is 22.4 Å². The number of carbonyl (C=O) groups is 4. The van der Waals surface area contributed by atoms with Gasteiger partial charge in [-0.25, -0.2) is 9.59 Å². The van der Waals surface area contributed by atoms with Crippen LogP contribution in [0.4, 0.5) is 0 Å². The number of aromatic carboxylic acids is 2. The van der Waals surface area contributed by atoms with Crippen molar-refractivity contribution in [3.05, 3.63) is 58.7 Å². The number of carboxylic acid groups (broad SMARTS) is 2.